The van der Waals surface area contributed by atoms with E-state index in [0.29, 0.717) is 36.2 Å². The summed E-state index contributed by atoms with van der Waals surface area (Å²) in [5.74, 6) is 0.0187. The number of hydrogen-bond acceptors (Lipinski definition) is 3. The summed E-state index contributed by atoms with van der Waals surface area (Å²) < 4.78 is 18.9. The van der Waals surface area contributed by atoms with Gasteiger partial charge in [0, 0.05) is 30.0 Å². The predicted molar refractivity (Wildman–Crippen MR) is 100 cm³/mol. The summed E-state index contributed by atoms with van der Waals surface area (Å²) in [5.41, 5.74) is 2.81. The van der Waals surface area contributed by atoms with Crippen LogP contribution in [0.2, 0.25) is 0 Å². The van der Waals surface area contributed by atoms with E-state index in [1.54, 1.807) is 19.2 Å². The van der Waals surface area contributed by atoms with Crippen LogP contribution in [-0.4, -0.2) is 18.8 Å². The van der Waals surface area contributed by atoms with Crippen LogP contribution in [0.5, 0.6) is 5.75 Å². The zero-order chi connectivity index (χ0) is 19.0. The van der Waals surface area contributed by atoms with Crippen LogP contribution in [0.25, 0.3) is 0 Å². The SMILES string of the molecule is COc1ccc(C2CC(=O)N(c3cccc(F)c3)C3=C2C(=O)CCC3)cc1. The van der Waals surface area contributed by atoms with Gasteiger partial charge >= 0.3 is 0 Å². The molecule has 0 N–H and O–H groups in total. The van der Waals surface area contributed by atoms with Crippen LogP contribution in [0.1, 0.15) is 37.2 Å². The molecule has 4 nitrogen and oxygen atoms in total. The second-order valence-electron chi connectivity index (χ2n) is 6.88. The molecule has 1 heterocycles. The average Bonchev–Trinajstić information content (AvgIpc) is 2.67. The number of amides is 1. The Hall–Kier alpha value is -2.95. The number of carbonyl (C=O) groups is 2. The van der Waals surface area contributed by atoms with Crippen molar-refractivity contribution in [2.24, 2.45) is 0 Å². The fraction of sp³-hybridized carbons (Fsp3) is 0.273. The molecule has 0 aromatic heterocycles. The van der Waals surface area contributed by atoms with Crippen LogP contribution >= 0.6 is 0 Å². The largest absolute Gasteiger partial charge is 0.497 e. The minimum atomic E-state index is -0.401. The Balaban J connectivity index is 1.82. The molecule has 1 aliphatic carbocycles. The first-order valence-electron chi connectivity index (χ1n) is 9.07. The molecule has 27 heavy (non-hydrogen) atoms. The molecule has 1 aliphatic heterocycles. The van der Waals surface area contributed by atoms with E-state index in [1.807, 2.05) is 24.3 Å². The second-order valence-corrected chi connectivity index (χ2v) is 6.88. The van der Waals surface area contributed by atoms with Crippen LogP contribution in [0.15, 0.2) is 59.8 Å². The number of hydrogen-bond donors (Lipinski definition) is 0. The van der Waals surface area contributed by atoms with Gasteiger partial charge in [0.15, 0.2) is 5.78 Å². The lowest BCUT2D eigenvalue weighted by molar-refractivity contribution is -0.119. The smallest absolute Gasteiger partial charge is 0.232 e. The van der Waals surface area contributed by atoms with Crippen molar-refractivity contribution in [2.75, 3.05) is 12.0 Å². The number of anilines is 1. The predicted octanol–water partition coefficient (Wildman–Crippen LogP) is 4.36. The maximum atomic E-state index is 13.7. The van der Waals surface area contributed by atoms with Gasteiger partial charge in [-0.15, -0.1) is 0 Å². The molecular formula is C22H20FNO3. The van der Waals surface area contributed by atoms with Crippen molar-refractivity contribution >= 4 is 17.4 Å². The highest BCUT2D eigenvalue weighted by Gasteiger charge is 2.39. The number of allylic oxidation sites excluding steroid dienone is 2. The fourth-order valence-electron chi connectivity index (χ4n) is 4.03. The molecule has 0 bridgehead atoms. The molecule has 2 aromatic carbocycles. The maximum absolute atomic E-state index is 13.7. The Morgan fingerprint density at radius 1 is 1.07 bits per heavy atom. The van der Waals surface area contributed by atoms with E-state index in [-0.39, 0.29) is 24.0 Å². The molecule has 0 saturated heterocycles. The molecule has 1 amide bonds. The Bertz CT molecular complexity index is 933. The van der Waals surface area contributed by atoms with Crippen molar-refractivity contribution in [2.45, 2.75) is 31.6 Å². The van der Waals surface area contributed by atoms with E-state index in [0.717, 1.165) is 11.3 Å². The number of ketones is 1. The first-order chi connectivity index (χ1) is 13.1. The Morgan fingerprint density at radius 3 is 2.56 bits per heavy atom. The summed E-state index contributed by atoms with van der Waals surface area (Å²) in [7, 11) is 1.60. The molecule has 5 heteroatoms. The van der Waals surface area contributed by atoms with Gasteiger partial charge in [-0.3, -0.25) is 14.5 Å². The van der Waals surface area contributed by atoms with E-state index in [9.17, 15) is 14.0 Å². The van der Waals surface area contributed by atoms with Crippen LogP contribution in [0.3, 0.4) is 0 Å². The second kappa shape index (κ2) is 6.99. The lowest BCUT2D eigenvalue weighted by Gasteiger charge is -2.38. The normalized spacial score (nSPS) is 19.9. The summed E-state index contributed by atoms with van der Waals surface area (Å²) in [5, 5.41) is 0. The van der Waals surface area contributed by atoms with E-state index < -0.39 is 5.82 Å². The lowest BCUT2D eigenvalue weighted by Crippen LogP contribution is -2.40. The number of methoxy groups -OCH3 is 1. The van der Waals surface area contributed by atoms with Gasteiger partial charge < -0.3 is 4.74 Å². The summed E-state index contributed by atoms with van der Waals surface area (Å²) in [6, 6.07) is 13.5. The van der Waals surface area contributed by atoms with Gasteiger partial charge in [-0.05, 0) is 48.7 Å². The van der Waals surface area contributed by atoms with Gasteiger partial charge in [0.2, 0.25) is 5.91 Å². The van der Waals surface area contributed by atoms with Crippen molar-refractivity contribution in [1.82, 2.24) is 0 Å². The van der Waals surface area contributed by atoms with Gasteiger partial charge in [0.05, 0.1) is 12.8 Å². The van der Waals surface area contributed by atoms with Crippen molar-refractivity contribution in [3.8, 4) is 5.75 Å². The maximum Gasteiger partial charge on any atom is 0.232 e. The number of rotatable bonds is 3. The van der Waals surface area contributed by atoms with Gasteiger partial charge in [-0.2, -0.15) is 0 Å². The highest BCUT2D eigenvalue weighted by molar-refractivity contribution is 6.07. The van der Waals surface area contributed by atoms with Crippen molar-refractivity contribution in [3.63, 3.8) is 0 Å². The van der Waals surface area contributed by atoms with Gasteiger partial charge in [-0.25, -0.2) is 4.39 Å². The Labute approximate surface area is 157 Å². The van der Waals surface area contributed by atoms with Crippen LogP contribution < -0.4 is 9.64 Å². The third kappa shape index (κ3) is 3.14. The fourth-order valence-corrected chi connectivity index (χ4v) is 4.03. The van der Waals surface area contributed by atoms with Crippen molar-refractivity contribution in [3.05, 3.63) is 71.2 Å². The first-order valence-corrected chi connectivity index (χ1v) is 9.07. The van der Waals surface area contributed by atoms with Gasteiger partial charge in [0.25, 0.3) is 0 Å². The van der Waals surface area contributed by atoms with E-state index in [2.05, 4.69) is 0 Å². The quantitative estimate of drug-likeness (QED) is 0.812. The van der Waals surface area contributed by atoms with Crippen molar-refractivity contribution in [1.29, 1.82) is 0 Å². The van der Waals surface area contributed by atoms with Gasteiger partial charge in [0.1, 0.15) is 11.6 Å². The van der Waals surface area contributed by atoms with Crippen LogP contribution in [0, 0.1) is 5.82 Å². The van der Waals surface area contributed by atoms with Crippen LogP contribution in [0.4, 0.5) is 10.1 Å². The molecule has 2 aromatic rings. The highest BCUT2D eigenvalue weighted by Crippen LogP contribution is 2.43. The van der Waals surface area contributed by atoms with E-state index in [4.69, 9.17) is 4.74 Å². The molecule has 138 valence electrons. The topological polar surface area (TPSA) is 46.6 Å². The minimum Gasteiger partial charge on any atom is -0.497 e. The van der Waals surface area contributed by atoms with Crippen LogP contribution in [-0.2, 0) is 9.59 Å². The zero-order valence-corrected chi connectivity index (χ0v) is 15.1. The number of benzene rings is 2. The first kappa shape index (κ1) is 17.5. The van der Waals surface area contributed by atoms with Gasteiger partial charge in [-0.1, -0.05) is 18.2 Å². The average molecular weight is 365 g/mol. The molecule has 1 unspecified atom stereocenters. The molecule has 4 rings (SSSR count). The highest BCUT2D eigenvalue weighted by atomic mass is 19.1. The zero-order valence-electron chi connectivity index (χ0n) is 15.1. The monoisotopic (exact) mass is 365 g/mol. The molecule has 2 aliphatic rings. The Kier molecular flexibility index (Phi) is 4.52. The number of carbonyl (C=O) groups excluding carboxylic acids is 2. The minimum absolute atomic E-state index is 0.0750. The summed E-state index contributed by atoms with van der Waals surface area (Å²) >= 11 is 0. The third-order valence-electron chi connectivity index (χ3n) is 5.26. The molecule has 0 radical (unpaired) electrons. The number of halogens is 1. The van der Waals surface area contributed by atoms with E-state index >= 15 is 0 Å². The lowest BCUT2D eigenvalue weighted by atomic mass is 9.77. The third-order valence-corrected chi connectivity index (χ3v) is 5.26. The number of nitrogens with zero attached hydrogens (tertiary/aromatic N) is 1. The van der Waals surface area contributed by atoms with E-state index in [1.165, 1.54) is 17.0 Å². The van der Waals surface area contributed by atoms with Crippen molar-refractivity contribution < 1.29 is 18.7 Å². The summed E-state index contributed by atoms with van der Waals surface area (Å²) in [6.45, 7) is 0. The molecule has 0 saturated carbocycles. The standard InChI is InChI=1S/C22H20FNO3/c1-27-17-10-8-14(9-11-17)18-13-21(26)24(16-5-2-4-15(23)12-16)19-6-3-7-20(25)22(18)19/h2,4-5,8-12,18H,3,6-7,13H2,1H3. The Morgan fingerprint density at radius 2 is 1.85 bits per heavy atom. The molecular weight excluding hydrogens is 345 g/mol. The molecule has 1 atom stereocenters. The molecule has 0 fully saturated rings. The number of Topliss-reactive ketones (excluding diaryl/α,β-unsaturated/α-hetero) is 1. The summed E-state index contributed by atoms with van der Waals surface area (Å²) in [6.07, 6.45) is 2.01. The number of ether oxygens (including phenoxy) is 1. The summed E-state index contributed by atoms with van der Waals surface area (Å²) in [4.78, 5) is 27.3. The molecule has 0 spiro atoms.